The first-order valence-electron chi connectivity index (χ1n) is 9.75. The molecule has 0 amide bonds. The summed E-state index contributed by atoms with van der Waals surface area (Å²) in [4.78, 5) is 7.00. The van der Waals surface area contributed by atoms with E-state index in [4.69, 9.17) is 9.88 Å². The van der Waals surface area contributed by atoms with Gasteiger partial charge in [-0.2, -0.15) is 26.3 Å². The number of nitrogens with two attached hydrogens (primary N) is 1. The molecule has 0 radical (unpaired) electrons. The number of nitrogens with one attached hydrogen (secondary N) is 1. The van der Waals surface area contributed by atoms with Crippen molar-refractivity contribution in [3.63, 3.8) is 0 Å². The molecule has 0 atom stereocenters. The molecular weight excluding hydrogens is 500 g/mol. The van der Waals surface area contributed by atoms with Gasteiger partial charge in [0.2, 0.25) is 10.0 Å². The van der Waals surface area contributed by atoms with Crippen LogP contribution in [0.25, 0.3) is 22.2 Å². The second-order valence-electron chi connectivity index (χ2n) is 7.49. The predicted octanol–water partition coefficient (Wildman–Crippen LogP) is 5.49. The normalized spacial score (nSPS) is 12.8. The lowest BCUT2D eigenvalue weighted by Gasteiger charge is -2.14. The highest BCUT2D eigenvalue weighted by Gasteiger charge is 2.37. The summed E-state index contributed by atoms with van der Waals surface area (Å²) in [7, 11) is -4.01. The van der Waals surface area contributed by atoms with Crippen LogP contribution >= 0.6 is 0 Å². The lowest BCUT2D eigenvalue weighted by molar-refractivity contribution is -0.143. The van der Waals surface area contributed by atoms with E-state index in [1.807, 2.05) is 0 Å². The van der Waals surface area contributed by atoms with Crippen LogP contribution in [0.5, 0.6) is 5.75 Å². The number of rotatable bonds is 5. The maximum Gasteiger partial charge on any atom is 0.416 e. The Hall–Kier alpha value is -3.58. The number of benzene rings is 3. The quantitative estimate of drug-likeness (QED) is 0.343. The summed E-state index contributed by atoms with van der Waals surface area (Å²) in [5, 5.41) is 5.27. The molecule has 1 heterocycles. The Morgan fingerprint density at radius 1 is 0.886 bits per heavy atom. The number of sulfonamides is 1. The van der Waals surface area contributed by atoms with Gasteiger partial charge < -0.3 is 9.72 Å². The van der Waals surface area contributed by atoms with Gasteiger partial charge in [-0.1, -0.05) is 24.3 Å². The van der Waals surface area contributed by atoms with Crippen molar-refractivity contribution in [3.05, 3.63) is 77.6 Å². The van der Waals surface area contributed by atoms with Crippen LogP contribution < -0.4 is 9.88 Å². The first-order valence-corrected chi connectivity index (χ1v) is 11.3. The molecule has 1 aromatic heterocycles. The highest BCUT2D eigenvalue weighted by atomic mass is 32.2. The van der Waals surface area contributed by atoms with Crippen LogP contribution in [0.1, 0.15) is 17.0 Å². The zero-order chi connectivity index (χ0) is 25.6. The first-order chi connectivity index (χ1) is 16.2. The highest BCUT2D eigenvalue weighted by Crippen LogP contribution is 2.38. The molecule has 0 aliphatic rings. The lowest BCUT2D eigenvalue weighted by Crippen LogP contribution is -2.13. The summed E-state index contributed by atoms with van der Waals surface area (Å²) in [5.74, 6) is -0.502. The summed E-state index contributed by atoms with van der Waals surface area (Å²) in [6.45, 7) is -0.448. The van der Waals surface area contributed by atoms with Gasteiger partial charge in [0, 0.05) is 5.56 Å². The van der Waals surface area contributed by atoms with Crippen LogP contribution in [-0.2, 0) is 29.0 Å². The molecule has 0 saturated heterocycles. The minimum Gasteiger partial charge on any atom is -0.486 e. The van der Waals surface area contributed by atoms with Gasteiger partial charge in [0.25, 0.3) is 0 Å². The summed E-state index contributed by atoms with van der Waals surface area (Å²) >= 11 is 0. The molecule has 0 aliphatic carbocycles. The van der Waals surface area contributed by atoms with E-state index in [2.05, 4.69) is 9.97 Å². The van der Waals surface area contributed by atoms with Gasteiger partial charge >= 0.3 is 12.4 Å². The Kier molecular flexibility index (Phi) is 6.01. The van der Waals surface area contributed by atoms with Gasteiger partial charge in [-0.15, -0.1) is 0 Å². The smallest absolute Gasteiger partial charge is 0.416 e. The van der Waals surface area contributed by atoms with Crippen molar-refractivity contribution in [2.75, 3.05) is 0 Å². The third-order valence-electron chi connectivity index (χ3n) is 4.97. The predicted molar refractivity (Wildman–Crippen MR) is 114 cm³/mol. The fraction of sp³-hybridized carbons (Fsp3) is 0.136. The van der Waals surface area contributed by atoms with Gasteiger partial charge in [-0.25, -0.2) is 18.5 Å². The fourth-order valence-corrected chi connectivity index (χ4v) is 4.17. The van der Waals surface area contributed by atoms with Crippen molar-refractivity contribution in [3.8, 4) is 16.9 Å². The molecule has 13 heteroatoms. The van der Waals surface area contributed by atoms with Crippen molar-refractivity contribution in [1.29, 1.82) is 0 Å². The van der Waals surface area contributed by atoms with E-state index in [-0.39, 0.29) is 16.8 Å². The number of aromatic nitrogens is 2. The average Bonchev–Trinajstić information content (AvgIpc) is 3.18. The Bertz CT molecular complexity index is 1480. The minimum atomic E-state index is -5.00. The fourth-order valence-electron chi connectivity index (χ4n) is 3.41. The van der Waals surface area contributed by atoms with E-state index < -0.39 is 45.9 Å². The van der Waals surface area contributed by atoms with Crippen LogP contribution in [0.15, 0.2) is 65.6 Å². The molecule has 0 unspecified atom stereocenters. The van der Waals surface area contributed by atoms with Gasteiger partial charge in [0.15, 0.2) is 0 Å². The minimum absolute atomic E-state index is 0.00889. The molecule has 0 saturated carbocycles. The molecule has 35 heavy (non-hydrogen) atoms. The van der Waals surface area contributed by atoms with Crippen molar-refractivity contribution in [2.45, 2.75) is 23.9 Å². The number of fused-ring (bicyclic) bond motifs is 1. The van der Waals surface area contributed by atoms with Crippen LogP contribution in [0, 0.1) is 0 Å². The van der Waals surface area contributed by atoms with E-state index in [1.54, 1.807) is 30.3 Å². The molecule has 0 fully saturated rings. The largest absolute Gasteiger partial charge is 0.486 e. The van der Waals surface area contributed by atoms with Gasteiger partial charge in [0.05, 0.1) is 27.1 Å². The zero-order valence-electron chi connectivity index (χ0n) is 17.4. The van der Waals surface area contributed by atoms with Gasteiger partial charge in [-0.05, 0) is 42.0 Å². The average molecular weight is 515 g/mol. The van der Waals surface area contributed by atoms with Crippen LogP contribution in [0.2, 0.25) is 0 Å². The second-order valence-corrected chi connectivity index (χ2v) is 9.02. The topological polar surface area (TPSA) is 98.1 Å². The monoisotopic (exact) mass is 515 g/mol. The number of H-pyrrole nitrogens is 1. The Morgan fingerprint density at radius 3 is 2.11 bits per heavy atom. The highest BCUT2D eigenvalue weighted by molar-refractivity contribution is 7.89. The molecule has 4 rings (SSSR count). The van der Waals surface area contributed by atoms with Gasteiger partial charge in [0.1, 0.15) is 18.2 Å². The maximum absolute atomic E-state index is 13.0. The lowest BCUT2D eigenvalue weighted by atomic mass is 10.1. The number of imidazole rings is 1. The van der Waals surface area contributed by atoms with E-state index in [0.717, 1.165) is 0 Å². The summed E-state index contributed by atoms with van der Waals surface area (Å²) in [6.07, 6.45) is -10.00. The third kappa shape index (κ3) is 5.41. The van der Waals surface area contributed by atoms with E-state index in [1.165, 1.54) is 12.1 Å². The molecule has 0 spiro atoms. The van der Waals surface area contributed by atoms with Crippen molar-refractivity contribution in [2.24, 2.45) is 5.14 Å². The Morgan fingerprint density at radius 2 is 1.51 bits per heavy atom. The number of hydrogen-bond acceptors (Lipinski definition) is 4. The van der Waals surface area contributed by atoms with Gasteiger partial charge in [-0.3, -0.25) is 0 Å². The molecule has 3 aromatic carbocycles. The van der Waals surface area contributed by atoms with Crippen LogP contribution in [0.4, 0.5) is 26.3 Å². The number of hydrogen-bond donors (Lipinski definition) is 2. The molecule has 6 nitrogen and oxygen atoms in total. The number of primary sulfonamides is 1. The van der Waals surface area contributed by atoms with Crippen LogP contribution in [-0.4, -0.2) is 18.4 Å². The molecule has 3 N–H and O–H groups in total. The maximum atomic E-state index is 13.0. The number of alkyl halides is 6. The summed E-state index contributed by atoms with van der Waals surface area (Å²) in [6, 6.07) is 11.8. The number of nitrogens with zero attached hydrogens (tertiary/aromatic N) is 1. The summed E-state index contributed by atoms with van der Waals surface area (Å²) < 4.78 is 107. The number of aromatic amines is 1. The van der Waals surface area contributed by atoms with Crippen LogP contribution in [0.3, 0.4) is 0 Å². The van der Waals surface area contributed by atoms with E-state index >= 15 is 0 Å². The number of ether oxygens (including phenoxy) is 1. The molecular formula is C22H15F6N3O3S. The second kappa shape index (κ2) is 8.57. The number of halogens is 6. The standard InChI is InChI=1S/C22H15F6N3O3S/c23-21(24,25)13-8-14(22(26,27)28)10-15(9-13)34-11-20-30-17-6-5-12(7-18(17)31-20)16-3-1-2-4-19(16)35(29,32)33/h1-10H,11H2,(H,30,31)(H2,29,32,33). The molecule has 4 aromatic rings. The Balaban J connectivity index is 1.63. The van der Waals surface area contributed by atoms with Crippen molar-refractivity contribution in [1.82, 2.24) is 9.97 Å². The van der Waals surface area contributed by atoms with E-state index in [0.29, 0.717) is 34.3 Å². The molecule has 0 bridgehead atoms. The van der Waals surface area contributed by atoms with E-state index in [9.17, 15) is 34.8 Å². The molecule has 0 aliphatic heterocycles. The first kappa shape index (κ1) is 24.5. The molecule has 184 valence electrons. The zero-order valence-corrected chi connectivity index (χ0v) is 18.2. The Labute approximate surface area is 194 Å². The summed E-state index contributed by atoms with van der Waals surface area (Å²) in [5.41, 5.74) is -1.32. The SMILES string of the molecule is NS(=O)(=O)c1ccccc1-c1ccc2[nH]c(COc3cc(C(F)(F)F)cc(C(F)(F)F)c3)nc2c1. The third-order valence-corrected chi connectivity index (χ3v) is 5.94. The van der Waals surface area contributed by atoms with Crippen molar-refractivity contribution >= 4 is 21.1 Å². The van der Waals surface area contributed by atoms with Crippen molar-refractivity contribution < 1.29 is 39.5 Å².